The van der Waals surface area contributed by atoms with E-state index in [2.05, 4.69) is 5.32 Å². The standard InChI is InChI=1S/C9H15NO/c1-7-6-9(10-8(7)11)4-2-3-5-9/h7H,2-6H2,1H3,(H,10,11). The van der Waals surface area contributed by atoms with Crippen LogP contribution in [0.1, 0.15) is 39.0 Å². The van der Waals surface area contributed by atoms with E-state index in [0.29, 0.717) is 0 Å². The molecular formula is C9H15NO. The average molecular weight is 153 g/mol. The number of carbonyl (C=O) groups is 1. The summed E-state index contributed by atoms with van der Waals surface area (Å²) in [5, 5.41) is 3.14. The van der Waals surface area contributed by atoms with Gasteiger partial charge in [-0.3, -0.25) is 4.79 Å². The number of amides is 1. The highest BCUT2D eigenvalue weighted by Crippen LogP contribution is 2.38. The Balaban J connectivity index is 2.12. The molecule has 1 spiro atoms. The van der Waals surface area contributed by atoms with Gasteiger partial charge in [-0.2, -0.15) is 0 Å². The van der Waals surface area contributed by atoms with Crippen molar-refractivity contribution in [2.24, 2.45) is 5.92 Å². The molecule has 1 amide bonds. The van der Waals surface area contributed by atoms with Crippen LogP contribution in [0.5, 0.6) is 0 Å². The molecule has 1 saturated heterocycles. The van der Waals surface area contributed by atoms with Crippen LogP contribution in [0, 0.1) is 5.92 Å². The van der Waals surface area contributed by atoms with Crippen LogP contribution in [0.4, 0.5) is 0 Å². The molecule has 2 rings (SSSR count). The second-order valence-electron chi connectivity index (χ2n) is 4.08. The zero-order valence-corrected chi connectivity index (χ0v) is 7.02. The molecule has 11 heavy (non-hydrogen) atoms. The van der Waals surface area contributed by atoms with Crippen molar-refractivity contribution in [1.29, 1.82) is 0 Å². The minimum atomic E-state index is 0.233. The van der Waals surface area contributed by atoms with Gasteiger partial charge in [-0.15, -0.1) is 0 Å². The molecule has 1 aliphatic heterocycles. The Morgan fingerprint density at radius 2 is 2.09 bits per heavy atom. The molecule has 0 radical (unpaired) electrons. The lowest BCUT2D eigenvalue weighted by Gasteiger charge is -2.22. The van der Waals surface area contributed by atoms with Gasteiger partial charge < -0.3 is 5.32 Å². The molecule has 0 bridgehead atoms. The molecule has 2 aliphatic rings. The zero-order chi connectivity index (χ0) is 7.90. The first-order chi connectivity index (χ1) is 5.22. The maximum Gasteiger partial charge on any atom is 0.223 e. The van der Waals surface area contributed by atoms with Crippen molar-refractivity contribution in [2.45, 2.75) is 44.6 Å². The Kier molecular flexibility index (Phi) is 1.44. The van der Waals surface area contributed by atoms with Crippen LogP contribution >= 0.6 is 0 Å². The fourth-order valence-electron chi connectivity index (χ4n) is 2.50. The largest absolute Gasteiger partial charge is 0.350 e. The summed E-state index contributed by atoms with van der Waals surface area (Å²) in [6, 6.07) is 0. The van der Waals surface area contributed by atoms with Crippen molar-refractivity contribution in [3.05, 3.63) is 0 Å². The van der Waals surface area contributed by atoms with Crippen molar-refractivity contribution in [1.82, 2.24) is 5.32 Å². The minimum Gasteiger partial charge on any atom is -0.350 e. The lowest BCUT2D eigenvalue weighted by Crippen LogP contribution is -2.38. The number of rotatable bonds is 0. The first-order valence-corrected chi connectivity index (χ1v) is 4.54. The van der Waals surface area contributed by atoms with Gasteiger partial charge in [0.1, 0.15) is 0 Å². The predicted octanol–water partition coefficient (Wildman–Crippen LogP) is 1.46. The van der Waals surface area contributed by atoms with Gasteiger partial charge in [-0.05, 0) is 19.3 Å². The summed E-state index contributed by atoms with van der Waals surface area (Å²) < 4.78 is 0. The Morgan fingerprint density at radius 1 is 1.45 bits per heavy atom. The maximum atomic E-state index is 11.2. The highest BCUT2D eigenvalue weighted by Gasteiger charge is 2.43. The van der Waals surface area contributed by atoms with Crippen LogP contribution in [-0.2, 0) is 4.79 Å². The van der Waals surface area contributed by atoms with Gasteiger partial charge in [0.05, 0.1) is 0 Å². The fourth-order valence-corrected chi connectivity index (χ4v) is 2.50. The summed E-state index contributed by atoms with van der Waals surface area (Å²) in [6.07, 6.45) is 6.10. The predicted molar refractivity (Wildman–Crippen MR) is 43.1 cm³/mol. The highest BCUT2D eigenvalue weighted by atomic mass is 16.2. The molecule has 1 unspecified atom stereocenters. The van der Waals surface area contributed by atoms with Crippen molar-refractivity contribution >= 4 is 5.91 Å². The van der Waals surface area contributed by atoms with Crippen molar-refractivity contribution in [3.63, 3.8) is 0 Å². The first kappa shape index (κ1) is 7.14. The third-order valence-electron chi connectivity index (χ3n) is 3.09. The van der Waals surface area contributed by atoms with E-state index in [1.54, 1.807) is 0 Å². The number of hydrogen-bond donors (Lipinski definition) is 1. The van der Waals surface area contributed by atoms with Crippen molar-refractivity contribution in [2.75, 3.05) is 0 Å². The third kappa shape index (κ3) is 1.05. The smallest absolute Gasteiger partial charge is 0.223 e. The fraction of sp³-hybridized carbons (Fsp3) is 0.889. The first-order valence-electron chi connectivity index (χ1n) is 4.54. The monoisotopic (exact) mass is 153 g/mol. The molecule has 0 aromatic heterocycles. The third-order valence-corrected chi connectivity index (χ3v) is 3.09. The van der Waals surface area contributed by atoms with E-state index >= 15 is 0 Å². The van der Waals surface area contributed by atoms with E-state index in [4.69, 9.17) is 0 Å². The van der Waals surface area contributed by atoms with E-state index in [9.17, 15) is 4.79 Å². The number of nitrogens with one attached hydrogen (secondary N) is 1. The molecule has 1 heterocycles. The summed E-state index contributed by atoms with van der Waals surface area (Å²) >= 11 is 0. The van der Waals surface area contributed by atoms with Gasteiger partial charge in [-0.1, -0.05) is 19.8 Å². The summed E-state index contributed by atoms with van der Waals surface area (Å²) in [5.74, 6) is 0.528. The number of hydrogen-bond acceptors (Lipinski definition) is 1. The minimum absolute atomic E-state index is 0.233. The van der Waals surface area contributed by atoms with Crippen LogP contribution < -0.4 is 5.32 Å². The van der Waals surface area contributed by atoms with Gasteiger partial charge in [0.15, 0.2) is 0 Å². The topological polar surface area (TPSA) is 29.1 Å². The van der Waals surface area contributed by atoms with Gasteiger partial charge in [0.25, 0.3) is 0 Å². The van der Waals surface area contributed by atoms with E-state index in [-0.39, 0.29) is 17.4 Å². The van der Waals surface area contributed by atoms with Crippen molar-refractivity contribution < 1.29 is 4.79 Å². The Hall–Kier alpha value is -0.530. The molecule has 0 aromatic carbocycles. The van der Waals surface area contributed by atoms with Crippen LogP contribution in [0.25, 0.3) is 0 Å². The van der Waals surface area contributed by atoms with Gasteiger partial charge in [0, 0.05) is 11.5 Å². The zero-order valence-electron chi connectivity index (χ0n) is 7.02. The summed E-state index contributed by atoms with van der Waals surface area (Å²) in [4.78, 5) is 11.2. The molecule has 1 saturated carbocycles. The molecule has 0 aromatic rings. The normalized spacial score (nSPS) is 34.6. The van der Waals surface area contributed by atoms with Crippen LogP contribution in [0.15, 0.2) is 0 Å². The van der Waals surface area contributed by atoms with E-state index in [1.165, 1.54) is 25.7 Å². The molecule has 62 valence electrons. The van der Waals surface area contributed by atoms with E-state index in [1.807, 2.05) is 6.92 Å². The molecule has 2 heteroatoms. The van der Waals surface area contributed by atoms with Crippen LogP contribution in [-0.4, -0.2) is 11.4 Å². The molecular weight excluding hydrogens is 138 g/mol. The molecule has 1 aliphatic carbocycles. The van der Waals surface area contributed by atoms with Crippen LogP contribution in [0.2, 0.25) is 0 Å². The summed E-state index contributed by atoms with van der Waals surface area (Å²) in [6.45, 7) is 2.03. The lowest BCUT2D eigenvalue weighted by molar-refractivity contribution is -0.122. The number of carbonyl (C=O) groups excluding carboxylic acids is 1. The second kappa shape index (κ2) is 2.23. The van der Waals surface area contributed by atoms with E-state index in [0.717, 1.165) is 6.42 Å². The Labute approximate surface area is 67.4 Å². The van der Waals surface area contributed by atoms with Crippen molar-refractivity contribution in [3.8, 4) is 0 Å². The second-order valence-corrected chi connectivity index (χ2v) is 4.08. The quantitative estimate of drug-likeness (QED) is 0.560. The van der Waals surface area contributed by atoms with E-state index < -0.39 is 0 Å². The van der Waals surface area contributed by atoms with Gasteiger partial charge in [-0.25, -0.2) is 0 Å². The summed E-state index contributed by atoms with van der Waals surface area (Å²) in [7, 11) is 0. The molecule has 1 atom stereocenters. The molecule has 2 nitrogen and oxygen atoms in total. The maximum absolute atomic E-state index is 11.2. The van der Waals surface area contributed by atoms with Gasteiger partial charge >= 0.3 is 0 Å². The molecule has 1 N–H and O–H groups in total. The average Bonchev–Trinajstić information content (AvgIpc) is 2.46. The highest BCUT2D eigenvalue weighted by molar-refractivity contribution is 5.81. The van der Waals surface area contributed by atoms with Gasteiger partial charge in [0.2, 0.25) is 5.91 Å². The Bertz CT molecular complexity index is 182. The Morgan fingerprint density at radius 3 is 2.55 bits per heavy atom. The van der Waals surface area contributed by atoms with Crippen LogP contribution in [0.3, 0.4) is 0 Å². The lowest BCUT2D eigenvalue weighted by atomic mass is 9.92. The molecule has 2 fully saturated rings. The SMILES string of the molecule is CC1CC2(CCCC2)NC1=O. The summed E-state index contributed by atoms with van der Waals surface area (Å²) in [5.41, 5.74) is 0.233.